The van der Waals surface area contributed by atoms with Gasteiger partial charge < -0.3 is 10.7 Å². The Morgan fingerprint density at radius 3 is 3.08 bits per heavy atom. The van der Waals surface area contributed by atoms with Gasteiger partial charge in [0.15, 0.2) is 0 Å². The molecule has 1 aromatic heterocycles. The second kappa shape index (κ2) is 3.20. The molecule has 0 unspecified atom stereocenters. The number of rotatable bonds is 3. The first kappa shape index (κ1) is 8.29. The van der Waals surface area contributed by atoms with Gasteiger partial charge in [-0.05, 0) is 19.8 Å². The van der Waals surface area contributed by atoms with Crippen molar-refractivity contribution in [1.82, 2.24) is 9.97 Å². The van der Waals surface area contributed by atoms with Crippen LogP contribution in [-0.2, 0) is 6.54 Å². The topological polar surface area (TPSA) is 67.1 Å². The van der Waals surface area contributed by atoms with Crippen molar-refractivity contribution in [2.24, 2.45) is 16.6 Å². The number of nitrogens with zero attached hydrogens (tertiary/aromatic N) is 2. The molecule has 1 heterocycles. The second-order valence-corrected chi connectivity index (χ2v) is 3.49. The maximum Gasteiger partial charge on any atom is 0.0973 e. The first-order valence-corrected chi connectivity index (χ1v) is 4.56. The van der Waals surface area contributed by atoms with Gasteiger partial charge in [-0.2, -0.15) is 0 Å². The van der Waals surface area contributed by atoms with Crippen molar-refractivity contribution < 1.29 is 0 Å². The molecule has 3 N–H and O–H groups in total. The summed E-state index contributed by atoms with van der Waals surface area (Å²) in [4.78, 5) is 11.5. The fourth-order valence-electron chi connectivity index (χ4n) is 1.22. The molecule has 4 heteroatoms. The molecule has 1 saturated carbocycles. The highest BCUT2D eigenvalue weighted by molar-refractivity contribution is 5.84. The lowest BCUT2D eigenvalue weighted by atomic mass is 10.3. The molecule has 1 aliphatic rings. The fourth-order valence-corrected chi connectivity index (χ4v) is 1.22. The number of imidazole rings is 1. The Balaban J connectivity index is 1.98. The SMILES string of the molecule is Cc1[nH]cnc1CN=C(N)C1CC1. The molecular weight excluding hydrogens is 164 g/mol. The van der Waals surface area contributed by atoms with E-state index in [-0.39, 0.29) is 0 Å². The molecule has 70 valence electrons. The van der Waals surface area contributed by atoms with E-state index in [2.05, 4.69) is 15.0 Å². The molecule has 0 aliphatic heterocycles. The standard InChI is InChI=1S/C9H14N4/c1-6-8(13-5-12-6)4-11-9(10)7-2-3-7/h5,7H,2-4H2,1H3,(H2,10,11)(H,12,13). The molecule has 0 amide bonds. The Hall–Kier alpha value is -1.32. The van der Waals surface area contributed by atoms with Crippen molar-refractivity contribution in [3.8, 4) is 0 Å². The van der Waals surface area contributed by atoms with Gasteiger partial charge in [-0.15, -0.1) is 0 Å². The number of amidine groups is 1. The van der Waals surface area contributed by atoms with Gasteiger partial charge in [-0.1, -0.05) is 0 Å². The molecule has 0 bridgehead atoms. The van der Waals surface area contributed by atoms with Gasteiger partial charge in [0.1, 0.15) is 0 Å². The average Bonchev–Trinajstić information content (AvgIpc) is 2.88. The van der Waals surface area contributed by atoms with Gasteiger partial charge in [0.25, 0.3) is 0 Å². The van der Waals surface area contributed by atoms with Crippen molar-refractivity contribution in [3.05, 3.63) is 17.7 Å². The lowest BCUT2D eigenvalue weighted by molar-refractivity contribution is 0.965. The van der Waals surface area contributed by atoms with E-state index in [1.807, 2.05) is 6.92 Å². The molecule has 0 aromatic carbocycles. The molecule has 2 rings (SSSR count). The van der Waals surface area contributed by atoms with Crippen LogP contribution in [0.4, 0.5) is 0 Å². The number of H-pyrrole nitrogens is 1. The van der Waals surface area contributed by atoms with Gasteiger partial charge in [-0.3, -0.25) is 4.99 Å². The number of aromatic nitrogens is 2. The van der Waals surface area contributed by atoms with Crippen molar-refractivity contribution in [2.75, 3.05) is 0 Å². The highest BCUT2D eigenvalue weighted by Gasteiger charge is 2.25. The molecule has 1 aliphatic carbocycles. The number of aryl methyl sites for hydroxylation is 1. The highest BCUT2D eigenvalue weighted by atomic mass is 14.9. The lowest BCUT2D eigenvalue weighted by Crippen LogP contribution is -2.14. The first-order chi connectivity index (χ1) is 6.27. The number of hydrogen-bond donors (Lipinski definition) is 2. The Labute approximate surface area is 77.3 Å². The normalized spacial score (nSPS) is 17.8. The molecule has 0 radical (unpaired) electrons. The largest absolute Gasteiger partial charge is 0.387 e. The Bertz CT molecular complexity index is 322. The summed E-state index contributed by atoms with van der Waals surface area (Å²) in [6.45, 7) is 2.60. The van der Waals surface area contributed by atoms with Crippen LogP contribution in [0.5, 0.6) is 0 Å². The van der Waals surface area contributed by atoms with Crippen LogP contribution in [0.3, 0.4) is 0 Å². The van der Waals surface area contributed by atoms with E-state index < -0.39 is 0 Å². The minimum atomic E-state index is 0.555. The number of aromatic amines is 1. The molecule has 0 atom stereocenters. The number of aliphatic imine (C=N–C) groups is 1. The zero-order chi connectivity index (χ0) is 9.26. The van der Waals surface area contributed by atoms with E-state index in [4.69, 9.17) is 5.73 Å². The minimum absolute atomic E-state index is 0.555. The van der Waals surface area contributed by atoms with E-state index in [1.54, 1.807) is 6.33 Å². The van der Waals surface area contributed by atoms with Crippen molar-refractivity contribution >= 4 is 5.84 Å². The quantitative estimate of drug-likeness (QED) is 0.535. The third kappa shape index (κ3) is 1.88. The van der Waals surface area contributed by atoms with Gasteiger partial charge in [0.2, 0.25) is 0 Å². The van der Waals surface area contributed by atoms with Crippen LogP contribution < -0.4 is 5.73 Å². The molecule has 1 fully saturated rings. The number of nitrogens with two attached hydrogens (primary N) is 1. The van der Waals surface area contributed by atoms with E-state index >= 15 is 0 Å². The van der Waals surface area contributed by atoms with Gasteiger partial charge in [0.05, 0.1) is 24.4 Å². The third-order valence-electron chi connectivity index (χ3n) is 2.34. The van der Waals surface area contributed by atoms with Gasteiger partial charge in [0, 0.05) is 11.6 Å². The van der Waals surface area contributed by atoms with E-state index in [0.717, 1.165) is 17.2 Å². The van der Waals surface area contributed by atoms with Crippen LogP contribution in [-0.4, -0.2) is 15.8 Å². The van der Waals surface area contributed by atoms with Crippen molar-refractivity contribution in [2.45, 2.75) is 26.3 Å². The highest BCUT2D eigenvalue weighted by Crippen LogP contribution is 2.28. The van der Waals surface area contributed by atoms with Crippen LogP contribution in [0.1, 0.15) is 24.2 Å². The third-order valence-corrected chi connectivity index (χ3v) is 2.34. The van der Waals surface area contributed by atoms with Gasteiger partial charge >= 0.3 is 0 Å². The molecule has 0 saturated heterocycles. The van der Waals surface area contributed by atoms with Gasteiger partial charge in [-0.25, -0.2) is 4.98 Å². The van der Waals surface area contributed by atoms with Crippen LogP contribution in [0.2, 0.25) is 0 Å². The van der Waals surface area contributed by atoms with Crippen LogP contribution in [0.25, 0.3) is 0 Å². The van der Waals surface area contributed by atoms with Crippen LogP contribution >= 0.6 is 0 Å². The summed E-state index contributed by atoms with van der Waals surface area (Å²) < 4.78 is 0. The molecule has 0 spiro atoms. The minimum Gasteiger partial charge on any atom is -0.387 e. The molecule has 4 nitrogen and oxygen atoms in total. The second-order valence-electron chi connectivity index (χ2n) is 3.49. The van der Waals surface area contributed by atoms with Crippen molar-refractivity contribution in [1.29, 1.82) is 0 Å². The number of hydrogen-bond acceptors (Lipinski definition) is 2. The van der Waals surface area contributed by atoms with Crippen LogP contribution in [0.15, 0.2) is 11.3 Å². The summed E-state index contributed by atoms with van der Waals surface area (Å²) in [7, 11) is 0. The average molecular weight is 178 g/mol. The maximum absolute atomic E-state index is 5.76. The molecular formula is C9H14N4. The van der Waals surface area contributed by atoms with Crippen molar-refractivity contribution in [3.63, 3.8) is 0 Å². The fraction of sp³-hybridized carbons (Fsp3) is 0.556. The zero-order valence-corrected chi connectivity index (χ0v) is 7.75. The zero-order valence-electron chi connectivity index (χ0n) is 7.75. The summed E-state index contributed by atoms with van der Waals surface area (Å²) in [5, 5.41) is 0. The summed E-state index contributed by atoms with van der Waals surface area (Å²) in [6.07, 6.45) is 4.09. The summed E-state index contributed by atoms with van der Waals surface area (Å²) >= 11 is 0. The Kier molecular flexibility index (Phi) is 2.04. The smallest absolute Gasteiger partial charge is 0.0973 e. The molecule has 13 heavy (non-hydrogen) atoms. The van der Waals surface area contributed by atoms with E-state index in [9.17, 15) is 0 Å². The summed E-state index contributed by atoms with van der Waals surface area (Å²) in [6, 6.07) is 0. The van der Waals surface area contributed by atoms with E-state index in [0.29, 0.717) is 12.5 Å². The monoisotopic (exact) mass is 178 g/mol. The van der Waals surface area contributed by atoms with Crippen LogP contribution in [0, 0.1) is 12.8 Å². The Morgan fingerprint density at radius 1 is 1.77 bits per heavy atom. The summed E-state index contributed by atoms with van der Waals surface area (Å²) in [5.41, 5.74) is 7.82. The Morgan fingerprint density at radius 2 is 2.54 bits per heavy atom. The predicted molar refractivity (Wildman–Crippen MR) is 51.4 cm³/mol. The predicted octanol–water partition coefficient (Wildman–Crippen LogP) is 0.985. The molecule has 1 aromatic rings. The maximum atomic E-state index is 5.76. The first-order valence-electron chi connectivity index (χ1n) is 4.56. The summed E-state index contributed by atoms with van der Waals surface area (Å²) in [5.74, 6) is 1.35. The lowest BCUT2D eigenvalue weighted by Gasteiger charge is -1.96. The van der Waals surface area contributed by atoms with E-state index in [1.165, 1.54) is 12.8 Å². The number of nitrogens with one attached hydrogen (secondary N) is 1.